The van der Waals surface area contributed by atoms with Gasteiger partial charge in [-0.1, -0.05) is 17.3 Å². The second-order valence-corrected chi connectivity index (χ2v) is 6.17. The third-order valence-corrected chi connectivity index (χ3v) is 4.68. The number of carbonyl (C=O) groups excluding carboxylic acids is 1. The lowest BCUT2D eigenvalue weighted by Crippen LogP contribution is -2.50. The van der Waals surface area contributed by atoms with Gasteiger partial charge in [-0.25, -0.2) is 4.68 Å². The molecule has 1 saturated heterocycles. The first-order valence-electron chi connectivity index (χ1n) is 7.91. The molecule has 2 aromatic rings. The number of benzene rings is 1. The first-order valence-corrected chi connectivity index (χ1v) is 7.91. The van der Waals surface area contributed by atoms with Crippen LogP contribution in [-0.2, 0) is 17.5 Å². The molecule has 0 unspecified atom stereocenters. The number of fused-ring (bicyclic) bond motifs is 3. The van der Waals surface area contributed by atoms with Crippen LogP contribution in [0.3, 0.4) is 0 Å². The van der Waals surface area contributed by atoms with Gasteiger partial charge in [0.25, 0.3) is 5.91 Å². The predicted molar refractivity (Wildman–Crippen MR) is 79.6 cm³/mol. The summed E-state index contributed by atoms with van der Waals surface area (Å²) in [7, 11) is 0. The maximum atomic E-state index is 13.2. The summed E-state index contributed by atoms with van der Waals surface area (Å²) in [5.74, 6) is -0.626. The van der Waals surface area contributed by atoms with Crippen molar-refractivity contribution >= 4 is 5.91 Å². The van der Waals surface area contributed by atoms with Gasteiger partial charge in [0.1, 0.15) is 0 Å². The molecular weight excluding hydrogens is 337 g/mol. The van der Waals surface area contributed by atoms with E-state index in [-0.39, 0.29) is 24.3 Å². The number of aromatic nitrogens is 3. The van der Waals surface area contributed by atoms with E-state index in [1.807, 2.05) is 0 Å². The number of hydrogen-bond acceptors (Lipinski definition) is 4. The average molecular weight is 352 g/mol. The summed E-state index contributed by atoms with van der Waals surface area (Å²) < 4.78 is 47.0. The summed E-state index contributed by atoms with van der Waals surface area (Å²) in [6.07, 6.45) is -2.55. The molecule has 1 aromatic carbocycles. The summed E-state index contributed by atoms with van der Waals surface area (Å²) in [6.45, 7) is 0.987. The molecule has 1 fully saturated rings. The standard InChI is InChI=1S/C16H15F3N4O2/c17-16(18,19)12-4-2-1-3-11(12)15(24)22-6-5-14-13(8-22)23-10(9-25-14)7-20-21-23/h1-4,7,13-14H,5-6,8-9H2/t13-,14-/m1/s1. The molecule has 2 atom stereocenters. The molecule has 1 aromatic heterocycles. The molecule has 0 spiro atoms. The number of alkyl halides is 3. The Bertz CT molecular complexity index is 805. The van der Waals surface area contributed by atoms with Crippen molar-refractivity contribution in [2.24, 2.45) is 0 Å². The van der Waals surface area contributed by atoms with E-state index < -0.39 is 17.6 Å². The Labute approximate surface area is 141 Å². The van der Waals surface area contributed by atoms with Gasteiger partial charge in [-0.3, -0.25) is 4.79 Å². The predicted octanol–water partition coefficient (Wildman–Crippen LogP) is 2.28. The van der Waals surface area contributed by atoms with Crippen molar-refractivity contribution in [3.05, 3.63) is 47.3 Å². The topological polar surface area (TPSA) is 60.3 Å². The van der Waals surface area contributed by atoms with Gasteiger partial charge in [0, 0.05) is 13.1 Å². The minimum absolute atomic E-state index is 0.115. The Morgan fingerprint density at radius 3 is 2.88 bits per heavy atom. The summed E-state index contributed by atoms with van der Waals surface area (Å²) in [5.41, 5.74) is -0.446. The highest BCUT2D eigenvalue weighted by Crippen LogP contribution is 2.34. The van der Waals surface area contributed by atoms with Crippen LogP contribution in [0.15, 0.2) is 30.5 Å². The Morgan fingerprint density at radius 1 is 1.28 bits per heavy atom. The van der Waals surface area contributed by atoms with Crippen molar-refractivity contribution in [3.63, 3.8) is 0 Å². The molecule has 1 amide bonds. The smallest absolute Gasteiger partial charge is 0.370 e. The van der Waals surface area contributed by atoms with Crippen LogP contribution in [0.4, 0.5) is 13.2 Å². The van der Waals surface area contributed by atoms with Crippen LogP contribution in [0.5, 0.6) is 0 Å². The lowest BCUT2D eigenvalue weighted by atomic mass is 9.98. The molecule has 0 aliphatic carbocycles. The van der Waals surface area contributed by atoms with Gasteiger partial charge in [-0.2, -0.15) is 13.2 Å². The van der Waals surface area contributed by atoms with Gasteiger partial charge in [-0.15, -0.1) is 5.10 Å². The zero-order valence-electron chi connectivity index (χ0n) is 13.1. The zero-order chi connectivity index (χ0) is 17.6. The fraction of sp³-hybridized carbons (Fsp3) is 0.438. The van der Waals surface area contributed by atoms with E-state index in [9.17, 15) is 18.0 Å². The van der Waals surface area contributed by atoms with Crippen molar-refractivity contribution in [1.29, 1.82) is 0 Å². The summed E-state index contributed by atoms with van der Waals surface area (Å²) in [6, 6.07) is 4.63. The normalized spacial score (nSPS) is 23.1. The van der Waals surface area contributed by atoms with E-state index in [0.717, 1.165) is 11.8 Å². The number of ether oxygens (including phenoxy) is 1. The van der Waals surface area contributed by atoms with Crippen molar-refractivity contribution in [3.8, 4) is 0 Å². The van der Waals surface area contributed by atoms with E-state index in [2.05, 4.69) is 10.3 Å². The van der Waals surface area contributed by atoms with E-state index in [1.165, 1.54) is 23.1 Å². The number of hydrogen-bond donors (Lipinski definition) is 0. The molecule has 0 saturated carbocycles. The quantitative estimate of drug-likeness (QED) is 0.790. The molecule has 4 rings (SSSR count). The van der Waals surface area contributed by atoms with Gasteiger partial charge in [0.05, 0.1) is 41.8 Å². The molecule has 2 aliphatic heterocycles. The van der Waals surface area contributed by atoms with Crippen LogP contribution in [-0.4, -0.2) is 45.0 Å². The summed E-state index contributed by atoms with van der Waals surface area (Å²) in [5, 5.41) is 7.88. The fourth-order valence-corrected chi connectivity index (χ4v) is 3.45. The Balaban J connectivity index is 1.61. The van der Waals surface area contributed by atoms with Crippen LogP contribution < -0.4 is 0 Å². The monoisotopic (exact) mass is 352 g/mol. The molecule has 25 heavy (non-hydrogen) atoms. The molecule has 6 nitrogen and oxygen atoms in total. The minimum Gasteiger partial charge on any atom is -0.370 e. The Hall–Kier alpha value is -2.42. The molecule has 0 bridgehead atoms. The van der Waals surface area contributed by atoms with Gasteiger partial charge >= 0.3 is 6.18 Å². The fourth-order valence-electron chi connectivity index (χ4n) is 3.45. The third-order valence-electron chi connectivity index (χ3n) is 4.68. The van der Waals surface area contributed by atoms with Gasteiger partial charge in [0.15, 0.2) is 0 Å². The lowest BCUT2D eigenvalue weighted by Gasteiger charge is -2.41. The number of halogens is 3. The van der Waals surface area contributed by atoms with Crippen molar-refractivity contribution in [2.75, 3.05) is 13.1 Å². The van der Waals surface area contributed by atoms with Crippen molar-refractivity contribution in [2.45, 2.75) is 31.3 Å². The van der Waals surface area contributed by atoms with Crippen LogP contribution >= 0.6 is 0 Å². The first-order chi connectivity index (χ1) is 11.9. The number of likely N-dealkylation sites (tertiary alicyclic amines) is 1. The highest BCUT2D eigenvalue weighted by molar-refractivity contribution is 5.96. The van der Waals surface area contributed by atoms with E-state index in [1.54, 1.807) is 10.9 Å². The number of piperidine rings is 1. The second-order valence-electron chi connectivity index (χ2n) is 6.17. The van der Waals surface area contributed by atoms with Crippen molar-refractivity contribution < 1.29 is 22.7 Å². The highest BCUT2D eigenvalue weighted by Gasteiger charge is 2.40. The second kappa shape index (κ2) is 5.83. The maximum absolute atomic E-state index is 13.2. The van der Waals surface area contributed by atoms with Crippen LogP contribution in [0.2, 0.25) is 0 Å². The molecule has 9 heteroatoms. The molecule has 3 heterocycles. The zero-order valence-corrected chi connectivity index (χ0v) is 13.1. The maximum Gasteiger partial charge on any atom is 0.417 e. The lowest BCUT2D eigenvalue weighted by molar-refractivity contribution is -0.138. The van der Waals surface area contributed by atoms with Crippen LogP contribution in [0.1, 0.15) is 34.1 Å². The van der Waals surface area contributed by atoms with Crippen molar-refractivity contribution in [1.82, 2.24) is 19.9 Å². The largest absolute Gasteiger partial charge is 0.417 e. The highest BCUT2D eigenvalue weighted by atomic mass is 19.4. The number of rotatable bonds is 1. The molecule has 0 radical (unpaired) electrons. The van der Waals surface area contributed by atoms with E-state index >= 15 is 0 Å². The first kappa shape index (κ1) is 16.1. The minimum atomic E-state index is -4.57. The Kier molecular flexibility index (Phi) is 3.75. The van der Waals surface area contributed by atoms with Crippen LogP contribution in [0.25, 0.3) is 0 Å². The molecular formula is C16H15F3N4O2. The van der Waals surface area contributed by atoms with Gasteiger partial charge in [0.2, 0.25) is 0 Å². The number of carbonyl (C=O) groups is 1. The van der Waals surface area contributed by atoms with E-state index in [4.69, 9.17) is 4.74 Å². The summed E-state index contributed by atoms with van der Waals surface area (Å²) in [4.78, 5) is 14.2. The third kappa shape index (κ3) is 2.78. The number of nitrogens with zero attached hydrogens (tertiary/aromatic N) is 4. The SMILES string of the molecule is O=C(c1ccccc1C(F)(F)F)N1CC[C@H]2OCc3cnnn3[C@@H]2C1. The average Bonchev–Trinajstić information content (AvgIpc) is 3.09. The van der Waals surface area contributed by atoms with Gasteiger partial charge in [-0.05, 0) is 18.6 Å². The summed E-state index contributed by atoms with van der Waals surface area (Å²) >= 11 is 0. The van der Waals surface area contributed by atoms with Crippen LogP contribution in [0, 0.1) is 0 Å². The number of amides is 1. The Morgan fingerprint density at radius 2 is 2.08 bits per heavy atom. The molecule has 132 valence electrons. The molecule has 0 N–H and O–H groups in total. The molecule has 2 aliphatic rings. The van der Waals surface area contributed by atoms with E-state index in [0.29, 0.717) is 19.6 Å². The van der Waals surface area contributed by atoms with Gasteiger partial charge < -0.3 is 9.64 Å².